The van der Waals surface area contributed by atoms with E-state index in [-0.39, 0.29) is 22.8 Å². The van der Waals surface area contributed by atoms with Crippen LogP contribution in [0.4, 0.5) is 0 Å². The molecule has 0 radical (unpaired) electrons. The van der Waals surface area contributed by atoms with Crippen molar-refractivity contribution in [1.82, 2.24) is 9.21 Å². The van der Waals surface area contributed by atoms with Crippen LogP contribution in [0.5, 0.6) is 0 Å². The van der Waals surface area contributed by atoms with Crippen molar-refractivity contribution in [3.05, 3.63) is 29.8 Å². The van der Waals surface area contributed by atoms with Gasteiger partial charge in [-0.3, -0.25) is 4.79 Å². The molecule has 5 nitrogen and oxygen atoms in total. The summed E-state index contributed by atoms with van der Waals surface area (Å²) in [5.41, 5.74) is 0.524. The molecule has 6 heteroatoms. The first kappa shape index (κ1) is 17.1. The van der Waals surface area contributed by atoms with Gasteiger partial charge in [0.2, 0.25) is 10.0 Å². The van der Waals surface area contributed by atoms with Gasteiger partial charge in [0, 0.05) is 30.7 Å². The van der Waals surface area contributed by atoms with Crippen LogP contribution < -0.4 is 0 Å². The summed E-state index contributed by atoms with van der Waals surface area (Å²) in [4.78, 5) is 13.8. The van der Waals surface area contributed by atoms with Gasteiger partial charge < -0.3 is 4.90 Å². The molecule has 2 atom stereocenters. The number of piperazine rings is 1. The highest BCUT2D eigenvalue weighted by Gasteiger charge is 2.37. The molecule has 0 saturated carbocycles. The minimum Gasteiger partial charge on any atom is -0.300 e. The zero-order chi connectivity index (χ0) is 16.5. The number of rotatable bonds is 4. The predicted octanol–water partition coefficient (Wildman–Crippen LogP) is 1.99. The van der Waals surface area contributed by atoms with Gasteiger partial charge in [0.05, 0.1) is 4.90 Å². The molecule has 1 saturated heterocycles. The third-order valence-electron chi connectivity index (χ3n) is 4.20. The van der Waals surface area contributed by atoms with Gasteiger partial charge in [0.15, 0.2) is 5.78 Å². The first-order valence-electron chi connectivity index (χ1n) is 7.64. The molecular formula is C16H24N2O3S. The second-order valence-electron chi connectivity index (χ2n) is 5.97. The Morgan fingerprint density at radius 3 is 2.05 bits per heavy atom. The average molecular weight is 324 g/mol. The van der Waals surface area contributed by atoms with Crippen molar-refractivity contribution >= 4 is 15.8 Å². The van der Waals surface area contributed by atoms with E-state index >= 15 is 0 Å². The van der Waals surface area contributed by atoms with Crippen molar-refractivity contribution in [1.29, 1.82) is 0 Å². The maximum Gasteiger partial charge on any atom is 0.243 e. The van der Waals surface area contributed by atoms with Gasteiger partial charge in [-0.15, -0.1) is 0 Å². The fraction of sp³-hybridized carbons (Fsp3) is 0.562. The van der Waals surface area contributed by atoms with E-state index in [0.717, 1.165) is 19.6 Å². The van der Waals surface area contributed by atoms with Gasteiger partial charge in [-0.2, -0.15) is 4.31 Å². The third-order valence-corrected chi connectivity index (χ3v) is 6.34. The molecule has 1 fully saturated rings. The molecule has 0 spiro atoms. The summed E-state index contributed by atoms with van der Waals surface area (Å²) >= 11 is 0. The maximum absolute atomic E-state index is 12.9. The summed E-state index contributed by atoms with van der Waals surface area (Å²) in [6.07, 6.45) is 0. The van der Waals surface area contributed by atoms with Crippen molar-refractivity contribution in [2.24, 2.45) is 0 Å². The standard InChI is InChI=1S/C16H24N2O3S/c1-5-17-10-12(2)18(13(3)11-17)22(20,21)16-8-6-15(7-9-16)14(4)19/h6-9,12-13H,5,10-11H2,1-4H3/t12-,13-/m0/s1. The molecule has 1 aromatic rings. The van der Waals surface area contributed by atoms with E-state index in [1.165, 1.54) is 19.1 Å². The average Bonchev–Trinajstić information content (AvgIpc) is 2.46. The Labute approximate surface area is 133 Å². The van der Waals surface area contributed by atoms with E-state index in [0.29, 0.717) is 5.56 Å². The van der Waals surface area contributed by atoms with Gasteiger partial charge >= 0.3 is 0 Å². The third kappa shape index (κ3) is 3.24. The van der Waals surface area contributed by atoms with Gasteiger partial charge in [0.25, 0.3) is 0 Å². The monoisotopic (exact) mass is 324 g/mol. The Hall–Kier alpha value is -1.24. The SMILES string of the molecule is CCN1C[C@H](C)N(S(=O)(=O)c2ccc(C(C)=O)cc2)[C@@H](C)C1. The molecule has 1 aliphatic rings. The zero-order valence-electron chi connectivity index (χ0n) is 13.6. The molecule has 0 N–H and O–H groups in total. The smallest absolute Gasteiger partial charge is 0.243 e. The number of hydrogen-bond acceptors (Lipinski definition) is 4. The normalized spacial score (nSPS) is 24.4. The van der Waals surface area contributed by atoms with E-state index in [1.807, 2.05) is 13.8 Å². The molecule has 22 heavy (non-hydrogen) atoms. The van der Waals surface area contributed by atoms with Crippen molar-refractivity contribution < 1.29 is 13.2 Å². The topological polar surface area (TPSA) is 57.7 Å². The number of carbonyl (C=O) groups is 1. The largest absolute Gasteiger partial charge is 0.300 e. The minimum absolute atomic E-state index is 0.0674. The van der Waals surface area contributed by atoms with Gasteiger partial charge in [-0.05, 0) is 39.4 Å². The van der Waals surface area contributed by atoms with Crippen LogP contribution in [-0.4, -0.2) is 55.1 Å². The maximum atomic E-state index is 12.9. The Morgan fingerprint density at radius 2 is 1.64 bits per heavy atom. The Bertz CT molecular complexity index is 628. The van der Waals surface area contributed by atoms with Crippen molar-refractivity contribution in [2.75, 3.05) is 19.6 Å². The molecular weight excluding hydrogens is 300 g/mol. The fourth-order valence-electron chi connectivity index (χ4n) is 3.13. The quantitative estimate of drug-likeness (QED) is 0.795. The number of benzene rings is 1. The highest BCUT2D eigenvalue weighted by molar-refractivity contribution is 7.89. The molecule has 1 aliphatic heterocycles. The van der Waals surface area contributed by atoms with Crippen LogP contribution in [0.1, 0.15) is 38.1 Å². The molecule has 0 bridgehead atoms. The van der Waals surface area contributed by atoms with E-state index in [2.05, 4.69) is 11.8 Å². The molecule has 0 aliphatic carbocycles. The summed E-state index contributed by atoms with van der Waals surface area (Å²) in [5, 5.41) is 0. The summed E-state index contributed by atoms with van der Waals surface area (Å²) in [5.74, 6) is -0.0674. The number of nitrogens with zero attached hydrogens (tertiary/aromatic N) is 2. The Balaban J connectivity index is 2.31. The zero-order valence-corrected chi connectivity index (χ0v) is 14.4. The second-order valence-corrected chi connectivity index (χ2v) is 7.81. The van der Waals surface area contributed by atoms with Crippen LogP contribution in [0.15, 0.2) is 29.2 Å². The molecule has 1 aromatic carbocycles. The van der Waals surface area contributed by atoms with E-state index < -0.39 is 10.0 Å². The summed E-state index contributed by atoms with van der Waals surface area (Å²) in [6.45, 7) is 9.86. The first-order chi connectivity index (χ1) is 10.3. The molecule has 122 valence electrons. The van der Waals surface area contributed by atoms with Crippen molar-refractivity contribution in [3.8, 4) is 0 Å². The second kappa shape index (κ2) is 6.48. The lowest BCUT2D eigenvalue weighted by molar-refractivity contribution is 0.101. The van der Waals surface area contributed by atoms with E-state index in [1.54, 1.807) is 16.4 Å². The van der Waals surface area contributed by atoms with Crippen molar-refractivity contribution in [3.63, 3.8) is 0 Å². The number of ketones is 1. The van der Waals surface area contributed by atoms with Crippen LogP contribution in [0.2, 0.25) is 0 Å². The summed E-state index contributed by atoms with van der Waals surface area (Å²) < 4.78 is 27.4. The number of likely N-dealkylation sites (N-methyl/N-ethyl adjacent to an activating group) is 1. The predicted molar refractivity (Wildman–Crippen MR) is 86.5 cm³/mol. The lowest BCUT2D eigenvalue weighted by atomic mass is 10.1. The van der Waals surface area contributed by atoms with Crippen LogP contribution in [0.3, 0.4) is 0 Å². The molecule has 0 unspecified atom stereocenters. The van der Waals surface area contributed by atoms with E-state index in [9.17, 15) is 13.2 Å². The molecule has 0 amide bonds. The first-order valence-corrected chi connectivity index (χ1v) is 9.08. The van der Waals surface area contributed by atoms with Crippen LogP contribution in [-0.2, 0) is 10.0 Å². The molecule has 1 heterocycles. The Kier molecular flexibility index (Phi) is 5.04. The number of Topliss-reactive ketones (excluding diaryl/α,β-unsaturated/α-hetero) is 1. The lowest BCUT2D eigenvalue weighted by Crippen LogP contribution is -2.58. The van der Waals surface area contributed by atoms with Gasteiger partial charge in [-0.1, -0.05) is 19.1 Å². The molecule has 2 rings (SSSR count). The van der Waals surface area contributed by atoms with Gasteiger partial charge in [-0.25, -0.2) is 8.42 Å². The van der Waals surface area contributed by atoms with Crippen LogP contribution >= 0.6 is 0 Å². The number of sulfonamides is 1. The fourth-order valence-corrected chi connectivity index (χ4v) is 4.94. The van der Waals surface area contributed by atoms with Crippen LogP contribution in [0.25, 0.3) is 0 Å². The number of hydrogen-bond donors (Lipinski definition) is 0. The van der Waals surface area contributed by atoms with Crippen molar-refractivity contribution in [2.45, 2.75) is 44.7 Å². The molecule has 0 aromatic heterocycles. The van der Waals surface area contributed by atoms with Gasteiger partial charge in [0.1, 0.15) is 0 Å². The number of carbonyl (C=O) groups excluding carboxylic acids is 1. The Morgan fingerprint density at radius 1 is 1.14 bits per heavy atom. The minimum atomic E-state index is -3.54. The highest BCUT2D eigenvalue weighted by Crippen LogP contribution is 2.25. The van der Waals surface area contributed by atoms with Crippen LogP contribution in [0, 0.1) is 0 Å². The summed E-state index contributed by atoms with van der Waals surface area (Å²) in [7, 11) is -3.54. The lowest BCUT2D eigenvalue weighted by Gasteiger charge is -2.43. The van der Waals surface area contributed by atoms with E-state index in [4.69, 9.17) is 0 Å². The summed E-state index contributed by atoms with van der Waals surface area (Å²) in [6, 6.07) is 6.07. The highest BCUT2D eigenvalue weighted by atomic mass is 32.2.